The molecule has 1 saturated heterocycles. The van der Waals surface area contributed by atoms with Crippen molar-refractivity contribution in [2.45, 2.75) is 29.4 Å². The summed E-state index contributed by atoms with van der Waals surface area (Å²) in [6.45, 7) is 0. The van der Waals surface area contributed by atoms with Crippen molar-refractivity contribution in [3.05, 3.63) is 70.7 Å². The third kappa shape index (κ3) is 3.68. The Morgan fingerprint density at radius 3 is 1.95 bits per heavy atom. The summed E-state index contributed by atoms with van der Waals surface area (Å²) >= 11 is 8.13. The molecule has 1 aliphatic rings. The van der Waals surface area contributed by atoms with E-state index in [9.17, 15) is 0 Å². The fourth-order valence-corrected chi connectivity index (χ4v) is 4.91. The van der Waals surface area contributed by atoms with Gasteiger partial charge in [-0.25, -0.2) is 0 Å². The topological polar surface area (TPSA) is 3.24 Å². The standard InChI is InChI=1S/C19H22ClNS/c1-21(2)17-12-18(14-6-4-3-5-7-14)22-19(13-17)15-8-10-16(20)11-9-15/h3-11,17-19H,12-13H2,1-2H3/t17-,18?,19?/m1/s1. The van der Waals surface area contributed by atoms with Crippen molar-refractivity contribution in [2.24, 2.45) is 0 Å². The van der Waals surface area contributed by atoms with Crippen LogP contribution in [-0.2, 0) is 0 Å². The summed E-state index contributed by atoms with van der Waals surface area (Å²) in [5, 5.41) is 1.90. The highest BCUT2D eigenvalue weighted by molar-refractivity contribution is 7.99. The predicted molar refractivity (Wildman–Crippen MR) is 97.7 cm³/mol. The molecule has 22 heavy (non-hydrogen) atoms. The predicted octanol–water partition coefficient (Wildman–Crippen LogP) is 5.58. The summed E-state index contributed by atoms with van der Waals surface area (Å²) in [7, 11) is 4.39. The van der Waals surface area contributed by atoms with Crippen LogP contribution in [0.1, 0.15) is 34.5 Å². The molecule has 1 heterocycles. The number of halogens is 1. The van der Waals surface area contributed by atoms with Gasteiger partial charge >= 0.3 is 0 Å². The smallest absolute Gasteiger partial charge is 0.0406 e. The molecule has 1 fully saturated rings. The van der Waals surface area contributed by atoms with Crippen LogP contribution in [0.4, 0.5) is 0 Å². The molecular formula is C19H22ClNS. The Kier molecular flexibility index (Phi) is 5.12. The minimum absolute atomic E-state index is 0.531. The van der Waals surface area contributed by atoms with Crippen LogP contribution in [0.25, 0.3) is 0 Å². The molecule has 1 nitrogen and oxygen atoms in total. The average molecular weight is 332 g/mol. The van der Waals surface area contributed by atoms with E-state index in [2.05, 4.69) is 73.2 Å². The van der Waals surface area contributed by atoms with E-state index in [0.29, 0.717) is 16.5 Å². The molecule has 0 spiro atoms. The molecule has 2 unspecified atom stereocenters. The Balaban J connectivity index is 1.85. The summed E-state index contributed by atoms with van der Waals surface area (Å²) in [5.41, 5.74) is 2.83. The van der Waals surface area contributed by atoms with Gasteiger partial charge in [-0.2, -0.15) is 0 Å². The monoisotopic (exact) mass is 331 g/mol. The highest BCUT2D eigenvalue weighted by Crippen LogP contribution is 2.50. The van der Waals surface area contributed by atoms with Crippen molar-refractivity contribution in [2.75, 3.05) is 14.1 Å². The third-order valence-corrected chi connectivity index (χ3v) is 6.28. The van der Waals surface area contributed by atoms with Gasteiger partial charge in [0.25, 0.3) is 0 Å². The van der Waals surface area contributed by atoms with E-state index in [4.69, 9.17) is 11.6 Å². The first-order valence-electron chi connectivity index (χ1n) is 7.76. The largest absolute Gasteiger partial charge is 0.306 e. The Labute approximate surface area is 142 Å². The minimum atomic E-state index is 0.531. The highest BCUT2D eigenvalue weighted by atomic mass is 35.5. The molecule has 0 aromatic heterocycles. The van der Waals surface area contributed by atoms with Crippen LogP contribution in [0, 0.1) is 0 Å². The Morgan fingerprint density at radius 1 is 0.864 bits per heavy atom. The van der Waals surface area contributed by atoms with Crippen LogP contribution < -0.4 is 0 Å². The van der Waals surface area contributed by atoms with Gasteiger partial charge in [-0.3, -0.25) is 0 Å². The Morgan fingerprint density at radius 2 is 1.41 bits per heavy atom. The molecule has 2 aromatic rings. The van der Waals surface area contributed by atoms with Gasteiger partial charge < -0.3 is 4.90 Å². The van der Waals surface area contributed by atoms with Crippen molar-refractivity contribution in [3.8, 4) is 0 Å². The molecule has 0 saturated carbocycles. The number of rotatable bonds is 3. The lowest BCUT2D eigenvalue weighted by Gasteiger charge is -2.38. The van der Waals surface area contributed by atoms with Gasteiger partial charge in [0, 0.05) is 21.6 Å². The molecule has 3 atom stereocenters. The van der Waals surface area contributed by atoms with Gasteiger partial charge in [0.05, 0.1) is 0 Å². The van der Waals surface area contributed by atoms with E-state index >= 15 is 0 Å². The summed E-state index contributed by atoms with van der Waals surface area (Å²) in [4.78, 5) is 2.37. The van der Waals surface area contributed by atoms with Crippen LogP contribution in [0.5, 0.6) is 0 Å². The van der Waals surface area contributed by atoms with Gasteiger partial charge in [-0.1, -0.05) is 54.1 Å². The number of thioether (sulfide) groups is 1. The van der Waals surface area contributed by atoms with Crippen LogP contribution in [-0.4, -0.2) is 25.0 Å². The first-order valence-corrected chi connectivity index (χ1v) is 9.08. The van der Waals surface area contributed by atoms with E-state index in [1.807, 2.05) is 12.1 Å². The zero-order chi connectivity index (χ0) is 15.5. The summed E-state index contributed by atoms with van der Waals surface area (Å²) < 4.78 is 0. The van der Waals surface area contributed by atoms with Gasteiger partial charge in [-0.05, 0) is 50.2 Å². The second kappa shape index (κ2) is 7.08. The second-order valence-corrected chi connectivity index (χ2v) is 8.01. The van der Waals surface area contributed by atoms with Crippen molar-refractivity contribution in [1.29, 1.82) is 0 Å². The maximum absolute atomic E-state index is 6.04. The molecule has 3 rings (SSSR count). The lowest BCUT2D eigenvalue weighted by molar-refractivity contribution is 0.254. The third-order valence-electron chi connectivity index (χ3n) is 4.44. The molecular weight excluding hydrogens is 310 g/mol. The fourth-order valence-electron chi connectivity index (χ4n) is 3.10. The normalized spacial score (nSPS) is 25.4. The van der Waals surface area contributed by atoms with Crippen molar-refractivity contribution >= 4 is 23.4 Å². The highest BCUT2D eigenvalue weighted by Gasteiger charge is 2.32. The molecule has 2 aromatic carbocycles. The Hall–Kier alpha value is -0.960. The molecule has 1 aliphatic heterocycles. The molecule has 0 amide bonds. The maximum atomic E-state index is 6.04. The SMILES string of the molecule is CN(C)[C@@H]1CC(c2ccccc2)SC(c2ccc(Cl)cc2)C1. The Bertz CT molecular complexity index is 597. The van der Waals surface area contributed by atoms with Gasteiger partial charge in [0.1, 0.15) is 0 Å². The first-order chi connectivity index (χ1) is 10.6. The van der Waals surface area contributed by atoms with Crippen LogP contribution >= 0.6 is 23.4 Å². The van der Waals surface area contributed by atoms with E-state index in [0.717, 1.165) is 5.02 Å². The molecule has 0 aliphatic carbocycles. The zero-order valence-corrected chi connectivity index (χ0v) is 14.6. The van der Waals surface area contributed by atoms with Crippen molar-refractivity contribution < 1.29 is 0 Å². The number of benzene rings is 2. The summed E-state index contributed by atoms with van der Waals surface area (Å²) in [6, 6.07) is 19.9. The van der Waals surface area contributed by atoms with Gasteiger partial charge in [0.2, 0.25) is 0 Å². The number of nitrogens with zero attached hydrogens (tertiary/aromatic N) is 1. The number of hydrogen-bond donors (Lipinski definition) is 0. The first kappa shape index (κ1) is 15.9. The van der Waals surface area contributed by atoms with Crippen molar-refractivity contribution in [3.63, 3.8) is 0 Å². The van der Waals surface area contributed by atoms with Crippen molar-refractivity contribution in [1.82, 2.24) is 4.90 Å². The minimum Gasteiger partial charge on any atom is -0.306 e. The average Bonchev–Trinajstić information content (AvgIpc) is 2.56. The molecule has 116 valence electrons. The molecule has 0 bridgehead atoms. The van der Waals surface area contributed by atoms with Gasteiger partial charge in [-0.15, -0.1) is 11.8 Å². The molecule has 3 heteroatoms. The van der Waals surface area contributed by atoms with E-state index < -0.39 is 0 Å². The van der Waals surface area contributed by atoms with Crippen LogP contribution in [0.3, 0.4) is 0 Å². The van der Waals surface area contributed by atoms with Crippen LogP contribution in [0.2, 0.25) is 5.02 Å². The lowest BCUT2D eigenvalue weighted by atomic mass is 9.96. The molecule has 0 N–H and O–H groups in total. The van der Waals surface area contributed by atoms with E-state index in [1.165, 1.54) is 24.0 Å². The van der Waals surface area contributed by atoms with Crippen LogP contribution in [0.15, 0.2) is 54.6 Å². The van der Waals surface area contributed by atoms with Gasteiger partial charge in [0.15, 0.2) is 0 Å². The van der Waals surface area contributed by atoms with E-state index in [1.54, 1.807) is 0 Å². The maximum Gasteiger partial charge on any atom is 0.0406 e. The fraction of sp³-hybridized carbons (Fsp3) is 0.368. The zero-order valence-electron chi connectivity index (χ0n) is 13.1. The second-order valence-electron chi connectivity index (χ2n) is 6.16. The van der Waals surface area contributed by atoms with E-state index in [-0.39, 0.29) is 0 Å². The number of hydrogen-bond acceptors (Lipinski definition) is 2. The lowest BCUT2D eigenvalue weighted by Crippen LogP contribution is -2.33. The summed E-state index contributed by atoms with van der Waals surface area (Å²) in [6.07, 6.45) is 2.41. The quantitative estimate of drug-likeness (QED) is 0.722. The summed E-state index contributed by atoms with van der Waals surface area (Å²) in [5.74, 6) is 0. The molecule has 0 radical (unpaired) electrons.